The van der Waals surface area contributed by atoms with E-state index in [2.05, 4.69) is 12.6 Å². The largest absolute Gasteiger partial charge is 1.00 e. The van der Waals surface area contributed by atoms with Gasteiger partial charge in [0, 0.05) is 5.56 Å². The number of thiocarbonyl (C=S) groups is 1. The predicted octanol–water partition coefficient (Wildman–Crippen LogP) is -1.05. The van der Waals surface area contributed by atoms with Gasteiger partial charge in [-0.05, 0) is 12.2 Å². The van der Waals surface area contributed by atoms with Crippen LogP contribution in [-0.2, 0) is 9.53 Å². The molecule has 14 heavy (non-hydrogen) atoms. The minimum atomic E-state index is -0.433. The van der Waals surface area contributed by atoms with Gasteiger partial charge in [0.2, 0.25) is 5.05 Å². The summed E-state index contributed by atoms with van der Waals surface area (Å²) in [5.41, 5.74) is 0.729. The Bertz CT molecular complexity index is 319. The van der Waals surface area contributed by atoms with Gasteiger partial charge in [-0.1, -0.05) is 30.3 Å². The van der Waals surface area contributed by atoms with Gasteiger partial charge in [-0.15, -0.1) is 0 Å². The van der Waals surface area contributed by atoms with Gasteiger partial charge in [0.25, 0.3) is 0 Å². The molecule has 70 valence electrons. The van der Waals surface area contributed by atoms with Gasteiger partial charge in [0.05, 0.1) is 5.75 Å². The maximum absolute atomic E-state index is 10.8. The van der Waals surface area contributed by atoms with Crippen molar-refractivity contribution in [1.82, 2.24) is 0 Å². The summed E-state index contributed by atoms with van der Waals surface area (Å²) < 4.78 is 4.80. The van der Waals surface area contributed by atoms with E-state index in [1.807, 2.05) is 18.2 Å². The second-order valence-corrected chi connectivity index (χ2v) is 2.97. The molecule has 0 bridgehead atoms. The summed E-state index contributed by atoms with van der Waals surface area (Å²) in [5, 5.41) is 0.194. The summed E-state index contributed by atoms with van der Waals surface area (Å²) in [7, 11) is 0. The maximum atomic E-state index is 10.8. The molecule has 5 heteroatoms. The molecule has 0 saturated heterocycles. The molecule has 0 saturated carbocycles. The van der Waals surface area contributed by atoms with Crippen molar-refractivity contribution in [3.05, 3.63) is 35.9 Å². The summed E-state index contributed by atoms with van der Waals surface area (Å²) >= 11 is 8.65. The van der Waals surface area contributed by atoms with Crippen LogP contribution in [0.15, 0.2) is 30.3 Å². The Labute approximate surface area is 117 Å². The molecule has 0 radical (unpaired) electrons. The maximum Gasteiger partial charge on any atom is 1.00 e. The van der Waals surface area contributed by atoms with Crippen molar-refractivity contribution < 1.29 is 40.5 Å². The summed E-state index contributed by atoms with van der Waals surface area (Å²) in [6.45, 7) is 0. The van der Waals surface area contributed by atoms with Gasteiger partial charge in [-0.25, -0.2) is 0 Å². The minimum Gasteiger partial charge on any atom is -1.00 e. The first kappa shape index (κ1) is 14.1. The quantitative estimate of drug-likeness (QED) is 0.307. The van der Waals surface area contributed by atoms with Crippen LogP contribution < -0.4 is 29.6 Å². The number of thiol groups is 1. The number of carbonyl (C=O) groups excluding carboxylic acids is 1. The van der Waals surface area contributed by atoms with E-state index < -0.39 is 5.97 Å². The summed E-state index contributed by atoms with van der Waals surface area (Å²) in [6.07, 6.45) is 0. The molecule has 1 aromatic carbocycles. The third-order valence-corrected chi connectivity index (χ3v) is 1.92. The first-order chi connectivity index (χ1) is 6.24. The van der Waals surface area contributed by atoms with Crippen LogP contribution in [0.2, 0.25) is 0 Å². The number of esters is 1. The molecule has 1 aromatic rings. The Hall–Kier alpha value is 0.130. The smallest absolute Gasteiger partial charge is 1.00 e. The predicted molar refractivity (Wildman–Crippen MR) is 59.2 cm³/mol. The average molecular weight is 236 g/mol. The van der Waals surface area contributed by atoms with Gasteiger partial charge in [0.15, 0.2) is 0 Å². The minimum absolute atomic E-state index is 0. The zero-order valence-corrected chi connectivity index (χ0v) is 11.5. The second-order valence-electron chi connectivity index (χ2n) is 2.29. The first-order valence-electron chi connectivity index (χ1n) is 3.65. The number of ether oxygens (including phenoxy) is 1. The molecular formula is C9H9NaO2S2. The Balaban J connectivity index is 0. The fraction of sp³-hybridized carbons (Fsp3) is 0.111. The molecule has 0 aliphatic rings. The molecular weight excluding hydrogens is 227 g/mol. The SMILES string of the molecule is O=C(CS)OC(=S)c1ccccc1.[H-].[Na+]. The van der Waals surface area contributed by atoms with Crippen LogP contribution in [0.1, 0.15) is 6.99 Å². The molecule has 0 unspecified atom stereocenters. The van der Waals surface area contributed by atoms with Crippen molar-refractivity contribution in [1.29, 1.82) is 0 Å². The third kappa shape index (κ3) is 4.57. The summed E-state index contributed by atoms with van der Waals surface area (Å²) in [4.78, 5) is 10.8. The monoisotopic (exact) mass is 236 g/mol. The fourth-order valence-corrected chi connectivity index (χ4v) is 1.06. The van der Waals surface area contributed by atoms with Gasteiger partial charge in [-0.2, -0.15) is 12.6 Å². The van der Waals surface area contributed by atoms with Gasteiger partial charge < -0.3 is 6.16 Å². The molecule has 0 atom stereocenters. The molecule has 0 aromatic heterocycles. The Morgan fingerprint density at radius 3 is 2.50 bits per heavy atom. The Morgan fingerprint density at radius 2 is 2.00 bits per heavy atom. The van der Waals surface area contributed by atoms with Gasteiger partial charge in [0.1, 0.15) is 0 Å². The van der Waals surface area contributed by atoms with E-state index in [1.165, 1.54) is 0 Å². The zero-order valence-electron chi connectivity index (χ0n) is 8.77. The van der Waals surface area contributed by atoms with E-state index in [0.717, 1.165) is 5.56 Å². The molecule has 0 aliphatic carbocycles. The molecule has 0 aliphatic heterocycles. The van der Waals surface area contributed by atoms with Gasteiger partial charge >= 0.3 is 35.5 Å². The number of benzene rings is 1. The van der Waals surface area contributed by atoms with Crippen molar-refractivity contribution >= 4 is 35.9 Å². The van der Waals surface area contributed by atoms with Crippen molar-refractivity contribution in [2.24, 2.45) is 0 Å². The van der Waals surface area contributed by atoms with Crippen molar-refractivity contribution in [2.45, 2.75) is 0 Å². The third-order valence-electron chi connectivity index (χ3n) is 1.35. The summed E-state index contributed by atoms with van der Waals surface area (Å²) in [5.74, 6) is -0.398. The van der Waals surface area contributed by atoms with Gasteiger partial charge in [-0.3, -0.25) is 4.79 Å². The standard InChI is InChI=1S/C9H8O2S2.Na.H/c10-8(6-12)11-9(13)7-4-2-1-3-5-7;;/h1-5,12H,6H2;;/q;+1;-1. The van der Waals surface area contributed by atoms with Crippen molar-refractivity contribution in [2.75, 3.05) is 5.75 Å². The molecule has 0 spiro atoms. The van der Waals surface area contributed by atoms with Crippen LogP contribution in [0.4, 0.5) is 0 Å². The number of rotatable bonds is 2. The molecule has 1 rings (SSSR count). The second kappa shape index (κ2) is 7.43. The van der Waals surface area contributed by atoms with E-state index in [4.69, 9.17) is 17.0 Å². The van der Waals surface area contributed by atoms with E-state index >= 15 is 0 Å². The molecule has 0 heterocycles. The van der Waals surface area contributed by atoms with E-state index in [0.29, 0.717) is 0 Å². The van der Waals surface area contributed by atoms with Crippen molar-refractivity contribution in [3.63, 3.8) is 0 Å². The van der Waals surface area contributed by atoms with Crippen molar-refractivity contribution in [3.8, 4) is 0 Å². The van der Waals surface area contributed by atoms with Crippen LogP contribution in [0.25, 0.3) is 0 Å². The van der Waals surface area contributed by atoms with Crippen LogP contribution in [-0.4, -0.2) is 16.8 Å². The zero-order chi connectivity index (χ0) is 9.68. The molecule has 0 fully saturated rings. The van der Waals surface area contributed by atoms with E-state index in [1.54, 1.807) is 12.1 Å². The van der Waals surface area contributed by atoms with E-state index in [-0.39, 0.29) is 41.8 Å². The Kier molecular flexibility index (Phi) is 7.49. The molecule has 0 amide bonds. The fourth-order valence-electron chi connectivity index (χ4n) is 0.769. The van der Waals surface area contributed by atoms with E-state index in [9.17, 15) is 4.79 Å². The normalized spacial score (nSPS) is 8.64. The van der Waals surface area contributed by atoms with Crippen LogP contribution in [0, 0.1) is 0 Å². The molecule has 2 nitrogen and oxygen atoms in total. The number of carbonyl (C=O) groups is 1. The topological polar surface area (TPSA) is 26.3 Å². The first-order valence-corrected chi connectivity index (χ1v) is 4.69. The molecule has 0 N–H and O–H groups in total. The van der Waals surface area contributed by atoms with Crippen LogP contribution >= 0.6 is 24.8 Å². The van der Waals surface area contributed by atoms with Crippen LogP contribution in [0.5, 0.6) is 0 Å². The average Bonchev–Trinajstić information content (AvgIpc) is 2.19. The van der Waals surface area contributed by atoms with Crippen LogP contribution in [0.3, 0.4) is 0 Å². The number of hydrogen-bond donors (Lipinski definition) is 1. The summed E-state index contributed by atoms with van der Waals surface area (Å²) in [6, 6.07) is 9.10. The number of hydrogen-bond acceptors (Lipinski definition) is 4. The Morgan fingerprint density at radius 1 is 1.43 bits per heavy atom.